The van der Waals surface area contributed by atoms with Gasteiger partial charge in [-0.05, 0) is 32.7 Å². The van der Waals surface area contributed by atoms with Crippen molar-refractivity contribution in [2.24, 2.45) is 5.73 Å². The van der Waals surface area contributed by atoms with Crippen LogP contribution in [0, 0.1) is 6.92 Å². The Bertz CT molecular complexity index is 634. The van der Waals surface area contributed by atoms with E-state index in [0.29, 0.717) is 44.8 Å². The quantitative estimate of drug-likeness (QED) is 0.277. The van der Waals surface area contributed by atoms with E-state index < -0.39 is 17.9 Å². The minimum Gasteiger partial charge on any atom is -0.379 e. The molecule has 29 heavy (non-hydrogen) atoms. The van der Waals surface area contributed by atoms with E-state index in [-0.39, 0.29) is 18.9 Å². The molecule has 0 heterocycles. The topological polar surface area (TPSA) is 120 Å². The zero-order chi connectivity index (χ0) is 21.5. The van der Waals surface area contributed by atoms with Crippen LogP contribution in [0.25, 0.3) is 0 Å². The largest absolute Gasteiger partial charge is 0.379 e. The molecule has 0 aliphatic heterocycles. The highest BCUT2D eigenvalue weighted by Gasteiger charge is 2.17. The predicted octanol–water partition coefficient (Wildman–Crippen LogP) is 0.961. The van der Waals surface area contributed by atoms with E-state index in [4.69, 9.17) is 15.2 Å². The maximum absolute atomic E-state index is 12.1. The fourth-order valence-electron chi connectivity index (χ4n) is 2.53. The summed E-state index contributed by atoms with van der Waals surface area (Å²) in [5, 5.41) is 5.63. The van der Waals surface area contributed by atoms with Crippen LogP contribution in [-0.4, -0.2) is 63.2 Å². The van der Waals surface area contributed by atoms with Gasteiger partial charge in [-0.3, -0.25) is 14.4 Å². The van der Waals surface area contributed by atoms with Gasteiger partial charge in [0, 0.05) is 12.2 Å². The maximum Gasteiger partial charge on any atom is 0.246 e. The molecule has 1 atom stereocenters. The molecule has 0 unspecified atom stereocenters. The predicted molar refractivity (Wildman–Crippen MR) is 111 cm³/mol. The number of benzene rings is 1. The summed E-state index contributed by atoms with van der Waals surface area (Å²) in [6, 6.07) is 6.63. The number of Topliss-reactive ketones (excluding diaryl/α,β-unsaturated/α-hetero) is 1. The van der Waals surface area contributed by atoms with E-state index in [9.17, 15) is 14.4 Å². The lowest BCUT2D eigenvalue weighted by atomic mass is 10.1. The van der Waals surface area contributed by atoms with Gasteiger partial charge in [-0.25, -0.2) is 0 Å². The van der Waals surface area contributed by atoms with Crippen LogP contribution < -0.4 is 16.4 Å². The number of amides is 2. The lowest BCUT2D eigenvalue weighted by Crippen LogP contribution is -2.46. The van der Waals surface area contributed by atoms with Gasteiger partial charge in [0.1, 0.15) is 12.6 Å². The maximum atomic E-state index is 12.1. The lowest BCUT2D eigenvalue weighted by Gasteiger charge is -2.15. The Morgan fingerprint density at radius 1 is 1.07 bits per heavy atom. The fourth-order valence-corrected chi connectivity index (χ4v) is 2.53. The molecule has 0 aliphatic carbocycles. The van der Waals surface area contributed by atoms with Crippen LogP contribution in [0.4, 0.5) is 0 Å². The van der Waals surface area contributed by atoms with Crippen molar-refractivity contribution < 1.29 is 23.9 Å². The average Bonchev–Trinajstić information content (AvgIpc) is 2.69. The Kier molecular flexibility index (Phi) is 12.5. The van der Waals surface area contributed by atoms with Crippen LogP contribution in [0.2, 0.25) is 0 Å². The Morgan fingerprint density at radius 3 is 2.41 bits per heavy atom. The van der Waals surface area contributed by atoms with E-state index in [1.807, 2.05) is 26.0 Å². The second kappa shape index (κ2) is 14.7. The number of carbonyl (C=O) groups is 3. The summed E-state index contributed by atoms with van der Waals surface area (Å²) in [6.07, 6.45) is 1.89. The number of hydrogen-bond donors (Lipinski definition) is 3. The summed E-state index contributed by atoms with van der Waals surface area (Å²) in [5.41, 5.74) is 7.12. The van der Waals surface area contributed by atoms with Crippen molar-refractivity contribution >= 4 is 17.6 Å². The van der Waals surface area contributed by atoms with Gasteiger partial charge < -0.3 is 25.8 Å². The van der Waals surface area contributed by atoms with Crippen LogP contribution in [-0.2, 0) is 19.1 Å². The van der Waals surface area contributed by atoms with E-state index in [1.54, 1.807) is 12.1 Å². The molecule has 4 N–H and O–H groups in total. The molecule has 2 amide bonds. The summed E-state index contributed by atoms with van der Waals surface area (Å²) >= 11 is 0. The molecule has 0 radical (unpaired) electrons. The molecule has 1 aromatic carbocycles. The molecule has 0 saturated carbocycles. The molecule has 8 nitrogen and oxygen atoms in total. The number of nitrogens with one attached hydrogen (secondary N) is 2. The Balaban J connectivity index is 2.20. The monoisotopic (exact) mass is 407 g/mol. The number of aryl methyl sites for hydroxylation is 1. The van der Waals surface area contributed by atoms with Crippen LogP contribution in [0.1, 0.15) is 42.1 Å². The van der Waals surface area contributed by atoms with Gasteiger partial charge in [0.2, 0.25) is 11.8 Å². The molecule has 0 spiro atoms. The summed E-state index contributed by atoms with van der Waals surface area (Å²) in [6.45, 7) is 5.96. The van der Waals surface area contributed by atoms with Crippen LogP contribution in [0.3, 0.4) is 0 Å². The van der Waals surface area contributed by atoms with Crippen molar-refractivity contribution in [3.63, 3.8) is 0 Å². The molecule has 0 bridgehead atoms. The third-order valence-corrected chi connectivity index (χ3v) is 4.14. The second-order valence-electron chi connectivity index (χ2n) is 6.80. The number of rotatable bonds is 16. The van der Waals surface area contributed by atoms with Gasteiger partial charge in [0.25, 0.3) is 0 Å². The first-order chi connectivity index (χ1) is 13.9. The van der Waals surface area contributed by atoms with Crippen molar-refractivity contribution in [1.29, 1.82) is 0 Å². The smallest absolute Gasteiger partial charge is 0.246 e. The highest BCUT2D eigenvalue weighted by atomic mass is 16.5. The number of ether oxygens (including phenoxy) is 2. The molecule has 0 fully saturated rings. The van der Waals surface area contributed by atoms with Crippen LogP contribution in [0.15, 0.2) is 24.3 Å². The lowest BCUT2D eigenvalue weighted by molar-refractivity contribution is -0.130. The summed E-state index contributed by atoms with van der Waals surface area (Å²) in [7, 11) is 0. The van der Waals surface area contributed by atoms with Gasteiger partial charge >= 0.3 is 0 Å². The highest BCUT2D eigenvalue weighted by molar-refractivity contribution is 5.97. The SMILES string of the molecule is CCCOCCOCC(=O)N[C@@H](CCCNCC(=O)c1ccc(C)cc1)C(N)=O. The van der Waals surface area contributed by atoms with Crippen molar-refractivity contribution in [2.75, 3.05) is 39.5 Å². The number of ketones is 1. The highest BCUT2D eigenvalue weighted by Crippen LogP contribution is 2.03. The molecule has 0 aliphatic rings. The number of primary amides is 1. The summed E-state index contributed by atoms with van der Waals surface area (Å²) in [5.74, 6) is -0.989. The van der Waals surface area contributed by atoms with Crippen molar-refractivity contribution in [3.05, 3.63) is 35.4 Å². The molecule has 1 rings (SSSR count). The molecule has 162 valence electrons. The van der Waals surface area contributed by atoms with Crippen LogP contribution in [0.5, 0.6) is 0 Å². The average molecular weight is 408 g/mol. The molecule has 1 aromatic rings. The Labute approximate surface area is 172 Å². The Hall–Kier alpha value is -2.29. The third kappa shape index (κ3) is 11.3. The van der Waals surface area contributed by atoms with Crippen LogP contribution >= 0.6 is 0 Å². The zero-order valence-electron chi connectivity index (χ0n) is 17.4. The van der Waals surface area contributed by atoms with Gasteiger partial charge in [0.15, 0.2) is 5.78 Å². The van der Waals surface area contributed by atoms with E-state index >= 15 is 0 Å². The first-order valence-corrected chi connectivity index (χ1v) is 9.98. The zero-order valence-corrected chi connectivity index (χ0v) is 17.4. The third-order valence-electron chi connectivity index (χ3n) is 4.14. The first-order valence-electron chi connectivity index (χ1n) is 9.98. The number of hydrogen-bond acceptors (Lipinski definition) is 6. The summed E-state index contributed by atoms with van der Waals surface area (Å²) in [4.78, 5) is 35.5. The fraction of sp³-hybridized carbons (Fsp3) is 0.571. The van der Waals surface area contributed by atoms with Gasteiger partial charge in [-0.15, -0.1) is 0 Å². The number of carbonyl (C=O) groups excluding carboxylic acids is 3. The van der Waals surface area contributed by atoms with Crippen molar-refractivity contribution in [3.8, 4) is 0 Å². The summed E-state index contributed by atoms with van der Waals surface area (Å²) < 4.78 is 10.5. The molecule has 8 heteroatoms. The number of nitrogens with two attached hydrogens (primary N) is 1. The van der Waals surface area contributed by atoms with Crippen molar-refractivity contribution in [2.45, 2.75) is 39.2 Å². The van der Waals surface area contributed by atoms with Gasteiger partial charge in [-0.1, -0.05) is 36.8 Å². The standard InChI is InChI=1S/C21H33N3O5/c1-3-11-28-12-13-29-15-20(26)24-18(21(22)27)5-4-10-23-14-19(25)17-8-6-16(2)7-9-17/h6-9,18,23H,3-5,10-15H2,1-2H3,(H2,22,27)(H,24,26)/t18-/m0/s1. The van der Waals surface area contributed by atoms with E-state index in [1.165, 1.54) is 0 Å². The normalized spacial score (nSPS) is 11.8. The first kappa shape index (κ1) is 24.7. The van der Waals surface area contributed by atoms with Gasteiger partial charge in [-0.2, -0.15) is 0 Å². The Morgan fingerprint density at radius 2 is 1.76 bits per heavy atom. The minimum atomic E-state index is -0.767. The second-order valence-corrected chi connectivity index (χ2v) is 6.80. The molecule has 0 aromatic heterocycles. The molecule has 0 saturated heterocycles. The van der Waals surface area contributed by atoms with Crippen molar-refractivity contribution in [1.82, 2.24) is 10.6 Å². The molecular weight excluding hydrogens is 374 g/mol. The van der Waals surface area contributed by atoms with Gasteiger partial charge in [0.05, 0.1) is 19.8 Å². The van der Waals surface area contributed by atoms with E-state index in [0.717, 1.165) is 12.0 Å². The van der Waals surface area contributed by atoms with E-state index in [2.05, 4.69) is 10.6 Å². The minimum absolute atomic E-state index is 0.00446. The molecular formula is C21H33N3O5.